The van der Waals surface area contributed by atoms with Crippen molar-refractivity contribution in [1.82, 2.24) is 15.2 Å². The Labute approximate surface area is 187 Å². The smallest absolute Gasteiger partial charge is 0.306 e. The van der Waals surface area contributed by atoms with E-state index in [1.54, 1.807) is 6.20 Å². The number of nitrogens with zero attached hydrogens (tertiary/aromatic N) is 2. The number of carboxylic acid groups (broad SMARTS) is 1. The van der Waals surface area contributed by atoms with Crippen molar-refractivity contribution in [3.8, 4) is 0 Å². The number of rotatable bonds is 5. The molecule has 0 bridgehead atoms. The topological polar surface area (TPSA) is 129 Å². The lowest BCUT2D eigenvalue weighted by atomic mass is 9.81. The summed E-state index contributed by atoms with van der Waals surface area (Å²) in [5.41, 5.74) is 0.804. The normalized spacial score (nSPS) is 27.0. The first-order chi connectivity index (χ1) is 15.4. The summed E-state index contributed by atoms with van der Waals surface area (Å²) in [6.45, 7) is 1.37. The molecule has 1 atom stereocenters. The van der Waals surface area contributed by atoms with Gasteiger partial charge in [0.05, 0.1) is 11.8 Å². The second-order valence-corrected chi connectivity index (χ2v) is 9.11. The summed E-state index contributed by atoms with van der Waals surface area (Å²) >= 11 is 0. The van der Waals surface area contributed by atoms with E-state index in [2.05, 4.69) is 15.6 Å². The van der Waals surface area contributed by atoms with Gasteiger partial charge in [0.15, 0.2) is 0 Å². The first-order valence-corrected chi connectivity index (χ1v) is 11.5. The van der Waals surface area contributed by atoms with Crippen molar-refractivity contribution in [3.63, 3.8) is 0 Å². The fourth-order valence-corrected chi connectivity index (χ4v) is 5.01. The van der Waals surface area contributed by atoms with E-state index in [0.717, 1.165) is 24.2 Å². The summed E-state index contributed by atoms with van der Waals surface area (Å²) < 4.78 is 0. The van der Waals surface area contributed by atoms with Gasteiger partial charge in [0.25, 0.3) is 0 Å². The zero-order valence-electron chi connectivity index (χ0n) is 18.1. The van der Waals surface area contributed by atoms with Gasteiger partial charge in [0, 0.05) is 37.7 Å². The maximum absolute atomic E-state index is 12.8. The highest BCUT2D eigenvalue weighted by molar-refractivity contribution is 6.00. The van der Waals surface area contributed by atoms with Crippen molar-refractivity contribution in [3.05, 3.63) is 23.9 Å². The van der Waals surface area contributed by atoms with Crippen molar-refractivity contribution < 1.29 is 24.3 Å². The van der Waals surface area contributed by atoms with E-state index in [4.69, 9.17) is 5.11 Å². The lowest BCUT2D eigenvalue weighted by Crippen LogP contribution is -2.45. The van der Waals surface area contributed by atoms with E-state index in [1.165, 1.54) is 0 Å². The molecule has 1 saturated carbocycles. The molecule has 0 radical (unpaired) electrons. The second kappa shape index (κ2) is 9.67. The van der Waals surface area contributed by atoms with Crippen LogP contribution >= 0.6 is 0 Å². The number of hydrogen-bond donors (Lipinski definition) is 3. The van der Waals surface area contributed by atoms with E-state index in [9.17, 15) is 19.2 Å². The largest absolute Gasteiger partial charge is 0.481 e. The number of anilines is 1. The van der Waals surface area contributed by atoms with E-state index < -0.39 is 5.97 Å². The van der Waals surface area contributed by atoms with Crippen molar-refractivity contribution in [2.24, 2.45) is 11.8 Å². The molecule has 1 unspecified atom stereocenters. The van der Waals surface area contributed by atoms with E-state index >= 15 is 0 Å². The van der Waals surface area contributed by atoms with Gasteiger partial charge in [0.1, 0.15) is 5.82 Å². The third kappa shape index (κ3) is 5.08. The van der Waals surface area contributed by atoms with Crippen LogP contribution in [-0.4, -0.2) is 57.8 Å². The van der Waals surface area contributed by atoms with Gasteiger partial charge in [-0.05, 0) is 56.6 Å². The average Bonchev–Trinajstić information content (AvgIpc) is 2.80. The van der Waals surface area contributed by atoms with Crippen LogP contribution in [-0.2, 0) is 19.2 Å². The van der Waals surface area contributed by atoms with Gasteiger partial charge in [0.2, 0.25) is 17.7 Å². The number of imide groups is 1. The van der Waals surface area contributed by atoms with Crippen LogP contribution in [0.5, 0.6) is 0 Å². The number of pyridine rings is 1. The molecule has 3 fully saturated rings. The molecule has 1 aromatic rings. The molecule has 2 saturated heterocycles. The number of aliphatic carboxylic acids is 1. The molecule has 0 spiro atoms. The third-order valence-electron chi connectivity index (χ3n) is 7.01. The van der Waals surface area contributed by atoms with Crippen LogP contribution in [0.25, 0.3) is 0 Å². The molecule has 172 valence electrons. The molecular formula is C23H30N4O5. The number of likely N-dealkylation sites (tertiary alicyclic amines) is 1. The van der Waals surface area contributed by atoms with Crippen LogP contribution in [0.3, 0.4) is 0 Å². The minimum absolute atomic E-state index is 0.0448. The van der Waals surface area contributed by atoms with Gasteiger partial charge in [-0.1, -0.05) is 6.07 Å². The SMILES string of the molecule is O=C1CCC(c2ccc(NC3CCN(C(=O)[C@H]4CC[C@@H](C(=O)O)CC4)CC3)nc2)C(=O)N1. The average molecular weight is 443 g/mol. The first kappa shape index (κ1) is 22.2. The van der Waals surface area contributed by atoms with Gasteiger partial charge in [-0.25, -0.2) is 4.98 Å². The van der Waals surface area contributed by atoms with Gasteiger partial charge in [-0.15, -0.1) is 0 Å². The summed E-state index contributed by atoms with van der Waals surface area (Å²) in [6, 6.07) is 3.95. The van der Waals surface area contributed by atoms with Crippen LogP contribution in [0.1, 0.15) is 62.8 Å². The number of amides is 3. The number of piperidine rings is 2. The van der Waals surface area contributed by atoms with Crippen LogP contribution in [0.2, 0.25) is 0 Å². The molecular weight excluding hydrogens is 412 g/mol. The summed E-state index contributed by atoms with van der Waals surface area (Å²) in [7, 11) is 0. The molecule has 1 aliphatic carbocycles. The van der Waals surface area contributed by atoms with E-state index in [1.807, 2.05) is 17.0 Å². The van der Waals surface area contributed by atoms with Crippen LogP contribution in [0.15, 0.2) is 18.3 Å². The number of carbonyl (C=O) groups is 4. The zero-order valence-corrected chi connectivity index (χ0v) is 18.1. The number of aromatic nitrogens is 1. The molecule has 32 heavy (non-hydrogen) atoms. The van der Waals surface area contributed by atoms with Crippen LogP contribution < -0.4 is 10.6 Å². The molecule has 4 rings (SSSR count). The van der Waals surface area contributed by atoms with Gasteiger partial charge in [-0.2, -0.15) is 0 Å². The van der Waals surface area contributed by atoms with Gasteiger partial charge < -0.3 is 15.3 Å². The summed E-state index contributed by atoms with van der Waals surface area (Å²) in [5, 5.41) is 14.9. The molecule has 0 aromatic carbocycles. The number of nitrogens with one attached hydrogen (secondary N) is 2. The number of carbonyl (C=O) groups excluding carboxylic acids is 3. The molecule has 3 aliphatic rings. The maximum atomic E-state index is 12.8. The summed E-state index contributed by atoms with van der Waals surface area (Å²) in [4.78, 5) is 53.6. The highest BCUT2D eigenvalue weighted by atomic mass is 16.4. The molecule has 3 N–H and O–H groups in total. The molecule has 3 heterocycles. The predicted molar refractivity (Wildman–Crippen MR) is 116 cm³/mol. The van der Waals surface area contributed by atoms with Gasteiger partial charge in [-0.3, -0.25) is 24.5 Å². The minimum Gasteiger partial charge on any atom is -0.481 e. The third-order valence-corrected chi connectivity index (χ3v) is 7.01. The Balaban J connectivity index is 1.24. The molecule has 9 nitrogen and oxygen atoms in total. The molecule has 9 heteroatoms. The van der Waals surface area contributed by atoms with Crippen molar-refractivity contribution in [2.75, 3.05) is 18.4 Å². The Morgan fingerprint density at radius 1 is 1.00 bits per heavy atom. The standard InChI is InChI=1S/C23H30N4O5/c28-20-8-6-18(21(29)26-20)16-5-7-19(24-13-16)25-17-9-11-27(12-10-17)22(30)14-1-3-15(4-2-14)23(31)32/h5,7,13-15,17-18H,1-4,6,8-12H2,(H,24,25)(H,31,32)(H,26,28,29)/t14-,15+,18?. The van der Waals surface area contributed by atoms with Crippen LogP contribution in [0, 0.1) is 11.8 Å². The maximum Gasteiger partial charge on any atom is 0.306 e. The highest BCUT2D eigenvalue weighted by Crippen LogP contribution is 2.31. The Morgan fingerprint density at radius 3 is 2.28 bits per heavy atom. The zero-order chi connectivity index (χ0) is 22.7. The summed E-state index contributed by atoms with van der Waals surface area (Å²) in [5.74, 6) is -1.03. The lowest BCUT2D eigenvalue weighted by molar-refractivity contribution is -0.146. The Hall–Kier alpha value is -2.97. The minimum atomic E-state index is -0.749. The first-order valence-electron chi connectivity index (χ1n) is 11.5. The van der Waals surface area contributed by atoms with Crippen molar-refractivity contribution in [1.29, 1.82) is 0 Å². The van der Waals surface area contributed by atoms with E-state index in [0.29, 0.717) is 51.6 Å². The quantitative estimate of drug-likeness (QED) is 0.594. The molecule has 1 aromatic heterocycles. The summed E-state index contributed by atoms with van der Waals surface area (Å²) in [6.07, 6.45) is 6.69. The number of carboxylic acids is 1. The lowest BCUT2D eigenvalue weighted by Gasteiger charge is -2.36. The molecule has 3 amide bonds. The highest BCUT2D eigenvalue weighted by Gasteiger charge is 2.33. The van der Waals surface area contributed by atoms with E-state index in [-0.39, 0.29) is 41.5 Å². The Bertz CT molecular complexity index is 871. The van der Waals surface area contributed by atoms with Gasteiger partial charge >= 0.3 is 5.97 Å². The monoisotopic (exact) mass is 442 g/mol. The second-order valence-electron chi connectivity index (χ2n) is 9.11. The number of hydrogen-bond acceptors (Lipinski definition) is 6. The fourth-order valence-electron chi connectivity index (χ4n) is 5.01. The Kier molecular flexibility index (Phi) is 6.72. The Morgan fingerprint density at radius 2 is 1.69 bits per heavy atom. The fraction of sp³-hybridized carbons (Fsp3) is 0.609. The van der Waals surface area contributed by atoms with Crippen molar-refractivity contribution in [2.45, 2.75) is 63.3 Å². The molecule has 2 aliphatic heterocycles. The van der Waals surface area contributed by atoms with Crippen LogP contribution in [0.4, 0.5) is 5.82 Å². The van der Waals surface area contributed by atoms with Crippen molar-refractivity contribution >= 4 is 29.5 Å². The predicted octanol–water partition coefficient (Wildman–Crippen LogP) is 1.90.